The molecule has 8 heteroatoms. The highest BCUT2D eigenvalue weighted by molar-refractivity contribution is 5.94. The number of hydrogen-bond donors (Lipinski definition) is 3. The van der Waals surface area contributed by atoms with E-state index in [0.29, 0.717) is 5.82 Å². The van der Waals surface area contributed by atoms with E-state index in [1.54, 1.807) is 10.9 Å². The molecule has 0 aliphatic carbocycles. The van der Waals surface area contributed by atoms with Crippen LogP contribution in [0.3, 0.4) is 0 Å². The van der Waals surface area contributed by atoms with Crippen LogP contribution in [0.1, 0.15) is 16.2 Å². The number of fused-ring (bicyclic) bond motifs is 1. The zero-order chi connectivity index (χ0) is 22.6. The van der Waals surface area contributed by atoms with E-state index in [0.717, 1.165) is 27.7 Å². The molecule has 2 aromatic heterocycles. The lowest BCUT2D eigenvalue weighted by atomic mass is 10.1. The van der Waals surface area contributed by atoms with Crippen molar-refractivity contribution in [3.8, 4) is 17.1 Å². The number of amides is 2. The number of hydrazine groups is 1. The Bertz CT molecular complexity index is 1370. The molecule has 0 bridgehead atoms. The van der Waals surface area contributed by atoms with Gasteiger partial charge in [-0.05, 0) is 23.8 Å². The van der Waals surface area contributed by atoms with E-state index >= 15 is 0 Å². The Labute approximate surface area is 189 Å². The van der Waals surface area contributed by atoms with Crippen LogP contribution in [0.25, 0.3) is 28.0 Å². The quantitative estimate of drug-likeness (QED) is 0.367. The second-order valence-corrected chi connectivity index (χ2v) is 7.41. The minimum atomic E-state index is -0.603. The molecule has 0 fully saturated rings. The number of nitrogens with zero attached hydrogens (tertiary/aromatic N) is 3. The Kier molecular flexibility index (Phi) is 5.38. The second-order valence-electron chi connectivity index (χ2n) is 7.41. The standard InChI is InChI=1S/C25H20N6O2/c32-22(15-18-16-26-21-14-8-7-13-20(18)21)28-29-25(33)23-27-24(17-9-3-1-4-10-17)31(30-23)19-11-5-2-6-12-19/h1-14,16,26H,15H2,(H,28,32)(H,29,33). The maximum atomic E-state index is 12.7. The molecule has 3 N–H and O–H groups in total. The molecule has 0 atom stereocenters. The molecule has 0 unspecified atom stereocenters. The van der Waals surface area contributed by atoms with Gasteiger partial charge in [-0.25, -0.2) is 9.67 Å². The number of rotatable bonds is 5. The van der Waals surface area contributed by atoms with Crippen molar-refractivity contribution in [1.29, 1.82) is 0 Å². The van der Waals surface area contributed by atoms with Gasteiger partial charge in [0.1, 0.15) is 0 Å². The molecule has 33 heavy (non-hydrogen) atoms. The van der Waals surface area contributed by atoms with Crippen molar-refractivity contribution in [2.24, 2.45) is 0 Å². The number of aromatic amines is 1. The molecule has 3 aromatic carbocycles. The molecule has 5 aromatic rings. The molecule has 8 nitrogen and oxygen atoms in total. The van der Waals surface area contributed by atoms with Gasteiger partial charge in [0.2, 0.25) is 11.7 Å². The van der Waals surface area contributed by atoms with Crippen molar-refractivity contribution in [3.05, 3.63) is 103 Å². The highest BCUT2D eigenvalue weighted by Crippen LogP contribution is 2.21. The van der Waals surface area contributed by atoms with Gasteiger partial charge in [-0.15, -0.1) is 5.10 Å². The average Bonchev–Trinajstić information content (AvgIpc) is 3.49. The predicted octanol–water partition coefficient (Wildman–Crippen LogP) is 3.42. The summed E-state index contributed by atoms with van der Waals surface area (Å²) in [6.07, 6.45) is 1.91. The number of hydrogen-bond acceptors (Lipinski definition) is 4. The zero-order valence-corrected chi connectivity index (χ0v) is 17.5. The smallest absolute Gasteiger partial charge is 0.309 e. The van der Waals surface area contributed by atoms with Crippen LogP contribution < -0.4 is 10.9 Å². The molecular weight excluding hydrogens is 416 g/mol. The fourth-order valence-electron chi connectivity index (χ4n) is 3.61. The number of aromatic nitrogens is 4. The molecule has 2 heterocycles. The first-order valence-corrected chi connectivity index (χ1v) is 10.4. The van der Waals surface area contributed by atoms with Crippen LogP contribution in [0, 0.1) is 0 Å². The molecular formula is C25H20N6O2. The van der Waals surface area contributed by atoms with Gasteiger partial charge < -0.3 is 4.98 Å². The first-order valence-electron chi connectivity index (χ1n) is 10.4. The summed E-state index contributed by atoms with van der Waals surface area (Å²) in [7, 11) is 0. The Morgan fingerprint density at radius 3 is 2.33 bits per heavy atom. The SMILES string of the molecule is O=C(Cc1c[nH]c2ccccc12)NNC(=O)c1nc(-c2ccccc2)n(-c2ccccc2)n1. The number of para-hydroxylation sites is 2. The highest BCUT2D eigenvalue weighted by atomic mass is 16.2. The summed E-state index contributed by atoms with van der Waals surface area (Å²) in [4.78, 5) is 32.7. The number of H-pyrrole nitrogens is 1. The maximum Gasteiger partial charge on any atom is 0.309 e. The molecule has 0 radical (unpaired) electrons. The summed E-state index contributed by atoms with van der Waals surface area (Å²) in [5.74, 6) is -0.477. The summed E-state index contributed by atoms with van der Waals surface area (Å²) >= 11 is 0. The van der Waals surface area contributed by atoms with Crippen LogP contribution in [-0.2, 0) is 11.2 Å². The van der Waals surface area contributed by atoms with Crippen molar-refractivity contribution in [1.82, 2.24) is 30.6 Å². The van der Waals surface area contributed by atoms with Crippen LogP contribution in [0.4, 0.5) is 0 Å². The molecule has 5 rings (SSSR count). The minimum absolute atomic E-state index is 0.0508. The van der Waals surface area contributed by atoms with Crippen LogP contribution in [0.5, 0.6) is 0 Å². The number of nitrogens with one attached hydrogen (secondary N) is 3. The molecule has 0 saturated heterocycles. The van der Waals surface area contributed by atoms with Gasteiger partial charge in [0.25, 0.3) is 0 Å². The first-order chi connectivity index (χ1) is 16.2. The second kappa shape index (κ2) is 8.80. The predicted molar refractivity (Wildman–Crippen MR) is 124 cm³/mol. The van der Waals surface area contributed by atoms with E-state index in [1.165, 1.54) is 0 Å². The number of carbonyl (C=O) groups is 2. The lowest BCUT2D eigenvalue weighted by Crippen LogP contribution is -2.42. The Morgan fingerprint density at radius 2 is 1.55 bits per heavy atom. The summed E-state index contributed by atoms with van der Waals surface area (Å²) in [5, 5.41) is 5.36. The van der Waals surface area contributed by atoms with Crippen molar-refractivity contribution < 1.29 is 9.59 Å². The molecule has 2 amide bonds. The monoisotopic (exact) mass is 436 g/mol. The summed E-state index contributed by atoms with van der Waals surface area (Å²) in [6, 6.07) is 26.6. The molecule has 162 valence electrons. The van der Waals surface area contributed by atoms with Crippen LogP contribution in [0.15, 0.2) is 91.1 Å². The third kappa shape index (κ3) is 4.22. The number of carbonyl (C=O) groups excluding carboxylic acids is 2. The molecule has 0 aliphatic heterocycles. The molecule has 0 saturated carbocycles. The fraction of sp³-hybridized carbons (Fsp3) is 0.0400. The van der Waals surface area contributed by atoms with E-state index in [-0.39, 0.29) is 18.2 Å². The first kappa shape index (κ1) is 20.2. The topological polar surface area (TPSA) is 105 Å². The van der Waals surface area contributed by atoms with Gasteiger partial charge in [0.15, 0.2) is 5.82 Å². The minimum Gasteiger partial charge on any atom is -0.361 e. The summed E-state index contributed by atoms with van der Waals surface area (Å²) in [6.45, 7) is 0. The molecule has 0 spiro atoms. The normalized spacial score (nSPS) is 10.8. The third-order valence-corrected chi connectivity index (χ3v) is 5.18. The fourth-order valence-corrected chi connectivity index (χ4v) is 3.61. The van der Waals surface area contributed by atoms with Gasteiger partial charge >= 0.3 is 5.91 Å². The van der Waals surface area contributed by atoms with Gasteiger partial charge in [-0.3, -0.25) is 20.4 Å². The Balaban J connectivity index is 1.33. The van der Waals surface area contributed by atoms with E-state index in [9.17, 15) is 9.59 Å². The van der Waals surface area contributed by atoms with Gasteiger partial charge in [-0.2, -0.15) is 0 Å². The zero-order valence-electron chi connectivity index (χ0n) is 17.5. The van der Waals surface area contributed by atoms with E-state index < -0.39 is 5.91 Å². The van der Waals surface area contributed by atoms with E-state index in [1.807, 2.05) is 84.9 Å². The van der Waals surface area contributed by atoms with Crippen LogP contribution in [-0.4, -0.2) is 31.6 Å². The lowest BCUT2D eigenvalue weighted by molar-refractivity contribution is -0.121. The van der Waals surface area contributed by atoms with Gasteiger partial charge in [0.05, 0.1) is 12.1 Å². The van der Waals surface area contributed by atoms with Crippen molar-refractivity contribution in [2.45, 2.75) is 6.42 Å². The number of benzene rings is 3. The summed E-state index contributed by atoms with van der Waals surface area (Å²) in [5.41, 5.74) is 8.25. The Morgan fingerprint density at radius 1 is 0.848 bits per heavy atom. The van der Waals surface area contributed by atoms with Crippen molar-refractivity contribution in [3.63, 3.8) is 0 Å². The van der Waals surface area contributed by atoms with Crippen molar-refractivity contribution in [2.75, 3.05) is 0 Å². The van der Waals surface area contributed by atoms with E-state index in [2.05, 4.69) is 25.9 Å². The Hall–Kier alpha value is -4.72. The maximum absolute atomic E-state index is 12.7. The summed E-state index contributed by atoms with van der Waals surface area (Å²) < 4.78 is 1.61. The van der Waals surface area contributed by atoms with Crippen molar-refractivity contribution >= 4 is 22.7 Å². The largest absolute Gasteiger partial charge is 0.361 e. The molecule has 0 aliphatic rings. The van der Waals surface area contributed by atoms with Gasteiger partial charge in [0, 0.05) is 22.7 Å². The van der Waals surface area contributed by atoms with E-state index in [4.69, 9.17) is 0 Å². The van der Waals surface area contributed by atoms with Crippen LogP contribution >= 0.6 is 0 Å². The average molecular weight is 436 g/mol. The highest BCUT2D eigenvalue weighted by Gasteiger charge is 2.19. The van der Waals surface area contributed by atoms with Crippen LogP contribution in [0.2, 0.25) is 0 Å². The van der Waals surface area contributed by atoms with Gasteiger partial charge in [-0.1, -0.05) is 66.7 Å². The third-order valence-electron chi connectivity index (χ3n) is 5.18. The lowest BCUT2D eigenvalue weighted by Gasteiger charge is -2.05.